The van der Waals surface area contributed by atoms with Gasteiger partial charge in [0, 0.05) is 38.0 Å². The van der Waals surface area contributed by atoms with Crippen molar-refractivity contribution in [1.82, 2.24) is 10.6 Å². The van der Waals surface area contributed by atoms with Crippen molar-refractivity contribution in [2.45, 2.75) is 26.3 Å². The third-order valence-electron chi connectivity index (χ3n) is 3.35. The highest BCUT2D eigenvalue weighted by molar-refractivity contribution is 14.0. The lowest BCUT2D eigenvalue weighted by Crippen LogP contribution is -2.44. The number of hydrogen-bond acceptors (Lipinski definition) is 5. The van der Waals surface area contributed by atoms with E-state index in [2.05, 4.69) is 20.9 Å². The molecule has 1 atom stereocenters. The van der Waals surface area contributed by atoms with Gasteiger partial charge in [-0.25, -0.2) is 8.42 Å². The second-order valence-corrected chi connectivity index (χ2v) is 8.28. The molecule has 8 nitrogen and oxygen atoms in total. The zero-order valence-corrected chi connectivity index (χ0v) is 19.3. The third-order valence-corrected chi connectivity index (χ3v) is 4.32. The Balaban J connectivity index is 0.00000676. The van der Waals surface area contributed by atoms with Crippen LogP contribution in [0.1, 0.15) is 20.3 Å². The summed E-state index contributed by atoms with van der Waals surface area (Å²) in [5.41, 5.74) is 0.681. The zero-order valence-electron chi connectivity index (χ0n) is 16.1. The molecule has 1 amide bonds. The van der Waals surface area contributed by atoms with Crippen LogP contribution in [0.4, 0.5) is 5.69 Å². The molecule has 0 heterocycles. The minimum Gasteiger partial charge on any atom is -0.492 e. The number of anilines is 1. The van der Waals surface area contributed by atoms with Crippen molar-refractivity contribution in [3.05, 3.63) is 24.3 Å². The fraction of sp³-hybridized carbons (Fsp3) is 0.529. The Labute approximate surface area is 178 Å². The van der Waals surface area contributed by atoms with Crippen LogP contribution in [-0.2, 0) is 14.6 Å². The number of guanidine groups is 1. The van der Waals surface area contributed by atoms with Crippen molar-refractivity contribution in [1.29, 1.82) is 0 Å². The molecule has 0 aliphatic heterocycles. The van der Waals surface area contributed by atoms with Crippen LogP contribution in [0.25, 0.3) is 0 Å². The fourth-order valence-corrected chi connectivity index (χ4v) is 2.88. The van der Waals surface area contributed by atoms with Gasteiger partial charge in [0.05, 0.1) is 12.3 Å². The quantitative estimate of drug-likeness (QED) is 0.201. The summed E-state index contributed by atoms with van der Waals surface area (Å²) in [6.07, 6.45) is 1.73. The first-order valence-electron chi connectivity index (χ1n) is 8.35. The van der Waals surface area contributed by atoms with Gasteiger partial charge in [-0.2, -0.15) is 0 Å². The molecular formula is C17H29IN4O4S. The molecule has 0 aromatic heterocycles. The van der Waals surface area contributed by atoms with E-state index >= 15 is 0 Å². The number of hydrogen-bond donors (Lipinski definition) is 3. The standard InChI is InChI=1S/C17H28N4O4S.HI/c1-13(8-11-26(4,23)24)20-17(18-3)19-9-10-25-16-7-5-6-15(12-16)21-14(2)22;/h5-7,12-13H,8-11H2,1-4H3,(H,21,22)(H2,18,19,20);1H. The average Bonchev–Trinajstić information content (AvgIpc) is 2.55. The number of aliphatic imine (C=N–C) groups is 1. The molecule has 0 spiro atoms. The molecule has 0 saturated carbocycles. The molecule has 1 rings (SSSR count). The summed E-state index contributed by atoms with van der Waals surface area (Å²) < 4.78 is 28.1. The van der Waals surface area contributed by atoms with Crippen LogP contribution in [0.2, 0.25) is 0 Å². The van der Waals surface area contributed by atoms with Gasteiger partial charge in [-0.05, 0) is 25.5 Å². The Bertz CT molecular complexity index is 725. The molecule has 0 saturated heterocycles. The summed E-state index contributed by atoms with van der Waals surface area (Å²) in [4.78, 5) is 15.2. The van der Waals surface area contributed by atoms with Gasteiger partial charge in [-0.3, -0.25) is 9.79 Å². The highest BCUT2D eigenvalue weighted by Gasteiger charge is 2.09. The van der Waals surface area contributed by atoms with Gasteiger partial charge in [0.25, 0.3) is 0 Å². The first kappa shape index (κ1) is 25.4. The smallest absolute Gasteiger partial charge is 0.221 e. The minimum atomic E-state index is -2.97. The SMILES string of the molecule is CN=C(NCCOc1cccc(NC(C)=O)c1)NC(C)CCS(C)(=O)=O.I. The maximum absolute atomic E-state index is 11.2. The van der Waals surface area contributed by atoms with E-state index < -0.39 is 9.84 Å². The predicted octanol–water partition coefficient (Wildman–Crippen LogP) is 1.63. The Kier molecular flexibility index (Phi) is 12.0. The molecule has 0 aliphatic rings. The number of halogens is 1. The molecule has 0 fully saturated rings. The Hall–Kier alpha value is -1.56. The molecule has 10 heteroatoms. The highest BCUT2D eigenvalue weighted by Crippen LogP contribution is 2.16. The molecule has 1 aromatic rings. The molecule has 27 heavy (non-hydrogen) atoms. The van der Waals surface area contributed by atoms with Crippen molar-refractivity contribution in [2.75, 3.05) is 37.5 Å². The summed E-state index contributed by atoms with van der Waals surface area (Å²) in [5.74, 6) is 1.24. The van der Waals surface area contributed by atoms with Crippen LogP contribution < -0.4 is 20.7 Å². The fourth-order valence-electron chi connectivity index (χ4n) is 2.10. The largest absolute Gasteiger partial charge is 0.492 e. The zero-order chi connectivity index (χ0) is 19.6. The number of nitrogens with one attached hydrogen (secondary N) is 3. The highest BCUT2D eigenvalue weighted by atomic mass is 127. The Morgan fingerprint density at radius 1 is 1.33 bits per heavy atom. The van der Waals surface area contributed by atoms with E-state index in [0.29, 0.717) is 37.0 Å². The number of carbonyl (C=O) groups excluding carboxylic acids is 1. The summed E-state index contributed by atoms with van der Waals surface area (Å²) in [6, 6.07) is 7.13. The lowest BCUT2D eigenvalue weighted by molar-refractivity contribution is -0.114. The number of rotatable bonds is 9. The van der Waals surface area contributed by atoms with E-state index in [-0.39, 0.29) is 41.7 Å². The van der Waals surface area contributed by atoms with Crippen molar-refractivity contribution in [2.24, 2.45) is 4.99 Å². The number of sulfone groups is 1. The van der Waals surface area contributed by atoms with Crippen LogP contribution in [0.5, 0.6) is 5.75 Å². The second-order valence-electron chi connectivity index (χ2n) is 6.02. The van der Waals surface area contributed by atoms with E-state index in [4.69, 9.17) is 4.74 Å². The Morgan fingerprint density at radius 2 is 2.04 bits per heavy atom. The van der Waals surface area contributed by atoms with Crippen LogP contribution in [0, 0.1) is 0 Å². The van der Waals surface area contributed by atoms with Gasteiger partial charge >= 0.3 is 0 Å². The molecular weight excluding hydrogens is 483 g/mol. The van der Waals surface area contributed by atoms with E-state index in [1.165, 1.54) is 13.2 Å². The Morgan fingerprint density at radius 3 is 2.63 bits per heavy atom. The van der Waals surface area contributed by atoms with Gasteiger partial charge in [0.2, 0.25) is 5.91 Å². The van der Waals surface area contributed by atoms with Gasteiger partial charge in [-0.1, -0.05) is 6.07 Å². The number of carbonyl (C=O) groups is 1. The van der Waals surface area contributed by atoms with Gasteiger partial charge < -0.3 is 20.7 Å². The molecule has 0 bridgehead atoms. The number of benzene rings is 1. The van der Waals surface area contributed by atoms with Crippen LogP contribution >= 0.6 is 24.0 Å². The normalized spacial score (nSPS) is 12.5. The van der Waals surface area contributed by atoms with E-state index in [9.17, 15) is 13.2 Å². The second kappa shape index (κ2) is 12.8. The topological polar surface area (TPSA) is 109 Å². The van der Waals surface area contributed by atoms with Crippen LogP contribution in [-0.4, -0.2) is 58.5 Å². The van der Waals surface area contributed by atoms with Crippen LogP contribution in [0.3, 0.4) is 0 Å². The van der Waals surface area contributed by atoms with E-state index in [1.54, 1.807) is 25.2 Å². The average molecular weight is 512 g/mol. The minimum absolute atomic E-state index is 0. The summed E-state index contributed by atoms with van der Waals surface area (Å²) in [5, 5.41) is 8.95. The number of nitrogens with zero attached hydrogens (tertiary/aromatic N) is 1. The summed E-state index contributed by atoms with van der Waals surface area (Å²) in [6.45, 7) is 4.28. The third kappa shape index (κ3) is 12.5. The molecule has 3 N–H and O–H groups in total. The lowest BCUT2D eigenvalue weighted by Gasteiger charge is -2.17. The molecule has 0 aliphatic carbocycles. The van der Waals surface area contributed by atoms with Gasteiger partial charge in [-0.15, -0.1) is 24.0 Å². The molecule has 0 radical (unpaired) electrons. The van der Waals surface area contributed by atoms with Crippen molar-refractivity contribution in [3.8, 4) is 5.75 Å². The first-order chi connectivity index (χ1) is 12.2. The maximum Gasteiger partial charge on any atom is 0.221 e. The van der Waals surface area contributed by atoms with E-state index in [1.807, 2.05) is 13.0 Å². The lowest BCUT2D eigenvalue weighted by atomic mass is 10.3. The predicted molar refractivity (Wildman–Crippen MR) is 120 cm³/mol. The first-order valence-corrected chi connectivity index (χ1v) is 10.4. The maximum atomic E-state index is 11.2. The van der Waals surface area contributed by atoms with Crippen molar-refractivity contribution < 1.29 is 17.9 Å². The molecule has 154 valence electrons. The summed E-state index contributed by atoms with van der Waals surface area (Å²) >= 11 is 0. The number of amides is 1. The number of ether oxygens (including phenoxy) is 1. The van der Waals surface area contributed by atoms with Gasteiger partial charge in [0.15, 0.2) is 5.96 Å². The summed E-state index contributed by atoms with van der Waals surface area (Å²) in [7, 11) is -1.32. The van der Waals surface area contributed by atoms with Crippen molar-refractivity contribution in [3.63, 3.8) is 0 Å². The van der Waals surface area contributed by atoms with E-state index in [0.717, 1.165) is 0 Å². The molecule has 1 unspecified atom stereocenters. The van der Waals surface area contributed by atoms with Crippen molar-refractivity contribution >= 4 is 51.4 Å². The van der Waals surface area contributed by atoms with Gasteiger partial charge in [0.1, 0.15) is 22.2 Å². The molecule has 1 aromatic carbocycles. The van der Waals surface area contributed by atoms with Crippen LogP contribution in [0.15, 0.2) is 29.3 Å². The monoisotopic (exact) mass is 512 g/mol.